The van der Waals surface area contributed by atoms with E-state index in [4.69, 9.17) is 11.6 Å². The van der Waals surface area contributed by atoms with Crippen LogP contribution in [0.2, 0.25) is 5.02 Å². The Bertz CT molecular complexity index is 301. The monoisotopic (exact) mass is 187 g/mol. The number of nitrogens with zero attached hydrogens (tertiary/aromatic N) is 1. The fraction of sp³-hybridized carbons (Fsp3) is 0.125. The highest BCUT2D eigenvalue weighted by molar-refractivity contribution is 6.31. The Labute approximate surface area is 74.6 Å². The molecule has 0 fully saturated rings. The summed E-state index contributed by atoms with van der Waals surface area (Å²) in [6.45, 7) is 0. The third-order valence-electron chi connectivity index (χ3n) is 1.25. The largest absolute Gasteiger partial charge is 0.399 e. The Morgan fingerprint density at radius 1 is 1.58 bits per heavy atom. The highest BCUT2D eigenvalue weighted by Crippen LogP contribution is 2.14. The van der Waals surface area contributed by atoms with Gasteiger partial charge in [-0.2, -0.15) is 0 Å². The molecule has 1 aromatic carbocycles. The quantitative estimate of drug-likeness (QED) is 0.515. The molecule has 0 spiro atoms. The highest BCUT2D eigenvalue weighted by atomic mass is 35.5. The second kappa shape index (κ2) is 4.07. The van der Waals surface area contributed by atoms with Gasteiger partial charge in [-0.3, -0.25) is 0 Å². The van der Waals surface area contributed by atoms with Crippen LogP contribution in [0.4, 0.5) is 4.39 Å². The van der Waals surface area contributed by atoms with Gasteiger partial charge in [0.1, 0.15) is 12.9 Å². The van der Waals surface area contributed by atoms with Crippen LogP contribution in [0.3, 0.4) is 0 Å². The van der Waals surface area contributed by atoms with Crippen LogP contribution < -0.4 is 0 Å². The fourth-order valence-electron chi connectivity index (χ4n) is 0.706. The van der Waals surface area contributed by atoms with Gasteiger partial charge in [0, 0.05) is 0 Å². The molecule has 2 nitrogen and oxygen atoms in total. The summed E-state index contributed by atoms with van der Waals surface area (Å²) in [5, 5.41) is 3.59. The molecular weight excluding hydrogens is 181 g/mol. The minimum atomic E-state index is -0.439. The minimum Gasteiger partial charge on any atom is -0.399 e. The number of hydrogen-bond acceptors (Lipinski definition) is 2. The van der Waals surface area contributed by atoms with Crippen molar-refractivity contribution in [2.24, 2.45) is 5.16 Å². The summed E-state index contributed by atoms with van der Waals surface area (Å²) in [5.74, 6) is -0.439. The molecule has 0 aliphatic rings. The van der Waals surface area contributed by atoms with Gasteiger partial charge in [0.05, 0.1) is 11.2 Å². The maximum Gasteiger partial charge on any atom is 0.141 e. The maximum atomic E-state index is 12.6. The Kier molecular flexibility index (Phi) is 3.05. The summed E-state index contributed by atoms with van der Waals surface area (Å²) in [6.07, 6.45) is 1.45. The van der Waals surface area contributed by atoms with E-state index in [0.29, 0.717) is 5.56 Å². The first kappa shape index (κ1) is 9.00. The molecule has 0 bridgehead atoms. The summed E-state index contributed by atoms with van der Waals surface area (Å²) in [6, 6.07) is 4.31. The molecule has 0 N–H and O–H groups in total. The first-order chi connectivity index (χ1) is 5.74. The molecule has 0 aliphatic carbocycles. The van der Waals surface area contributed by atoms with Gasteiger partial charge in [0.25, 0.3) is 0 Å². The molecule has 0 aliphatic heterocycles. The third-order valence-corrected chi connectivity index (χ3v) is 1.54. The summed E-state index contributed by atoms with van der Waals surface area (Å²) < 4.78 is 12.6. The van der Waals surface area contributed by atoms with E-state index in [1.165, 1.54) is 25.5 Å². The summed E-state index contributed by atoms with van der Waals surface area (Å²) in [4.78, 5) is 4.45. The number of rotatable bonds is 2. The van der Waals surface area contributed by atoms with Crippen molar-refractivity contribution in [2.75, 3.05) is 7.11 Å². The van der Waals surface area contributed by atoms with E-state index in [-0.39, 0.29) is 5.02 Å². The van der Waals surface area contributed by atoms with Crippen molar-refractivity contribution in [1.82, 2.24) is 0 Å². The van der Waals surface area contributed by atoms with E-state index in [9.17, 15) is 4.39 Å². The molecule has 0 saturated carbocycles. The molecule has 64 valence electrons. The van der Waals surface area contributed by atoms with E-state index in [0.717, 1.165) is 0 Å². The standard InChI is InChI=1S/C8H7ClFNO/c1-12-11-5-6-2-3-8(10)7(9)4-6/h2-5H,1H3/b11-5+. The number of halogens is 2. The Balaban J connectivity index is 2.89. The van der Waals surface area contributed by atoms with Crippen molar-refractivity contribution in [3.63, 3.8) is 0 Å². The topological polar surface area (TPSA) is 21.6 Å². The van der Waals surface area contributed by atoms with Gasteiger partial charge in [0.2, 0.25) is 0 Å². The van der Waals surface area contributed by atoms with Gasteiger partial charge in [-0.15, -0.1) is 0 Å². The second-order valence-corrected chi connectivity index (χ2v) is 2.50. The molecule has 0 heterocycles. The summed E-state index contributed by atoms with van der Waals surface area (Å²) in [7, 11) is 1.43. The molecule has 1 rings (SSSR count). The van der Waals surface area contributed by atoms with E-state index >= 15 is 0 Å². The maximum absolute atomic E-state index is 12.6. The van der Waals surface area contributed by atoms with Crippen LogP contribution in [0.5, 0.6) is 0 Å². The van der Waals surface area contributed by atoms with Crippen LogP contribution >= 0.6 is 11.6 Å². The highest BCUT2D eigenvalue weighted by Gasteiger charge is 1.98. The lowest BCUT2D eigenvalue weighted by molar-refractivity contribution is 0.215. The van der Waals surface area contributed by atoms with E-state index < -0.39 is 5.82 Å². The average molecular weight is 188 g/mol. The second-order valence-electron chi connectivity index (χ2n) is 2.09. The molecule has 12 heavy (non-hydrogen) atoms. The van der Waals surface area contributed by atoms with Gasteiger partial charge in [0.15, 0.2) is 0 Å². The Morgan fingerprint density at radius 3 is 2.92 bits per heavy atom. The molecule has 0 saturated heterocycles. The lowest BCUT2D eigenvalue weighted by atomic mass is 10.2. The summed E-state index contributed by atoms with van der Waals surface area (Å²) in [5.41, 5.74) is 0.697. The van der Waals surface area contributed by atoms with Gasteiger partial charge < -0.3 is 4.84 Å². The molecule has 0 amide bonds. The van der Waals surface area contributed by atoms with Crippen LogP contribution in [0.1, 0.15) is 5.56 Å². The fourth-order valence-corrected chi connectivity index (χ4v) is 0.895. The van der Waals surface area contributed by atoms with Crippen molar-refractivity contribution in [3.05, 3.63) is 34.6 Å². The third kappa shape index (κ3) is 2.20. The van der Waals surface area contributed by atoms with Crippen molar-refractivity contribution >= 4 is 17.8 Å². The molecule has 4 heteroatoms. The zero-order valence-corrected chi connectivity index (χ0v) is 7.18. The first-order valence-electron chi connectivity index (χ1n) is 3.25. The lowest BCUT2D eigenvalue weighted by Crippen LogP contribution is -1.84. The lowest BCUT2D eigenvalue weighted by Gasteiger charge is -1.94. The smallest absolute Gasteiger partial charge is 0.141 e. The normalized spacial score (nSPS) is 10.6. The molecule has 1 aromatic rings. The van der Waals surface area contributed by atoms with Crippen molar-refractivity contribution in [1.29, 1.82) is 0 Å². The van der Waals surface area contributed by atoms with Crippen LogP contribution in [-0.4, -0.2) is 13.3 Å². The number of benzene rings is 1. The predicted molar refractivity (Wildman–Crippen MR) is 46.0 cm³/mol. The Morgan fingerprint density at radius 2 is 2.33 bits per heavy atom. The molecule has 0 aromatic heterocycles. The SMILES string of the molecule is CO/N=C/c1ccc(F)c(Cl)c1. The van der Waals surface area contributed by atoms with Crippen molar-refractivity contribution < 1.29 is 9.23 Å². The minimum absolute atomic E-state index is 0.0788. The first-order valence-corrected chi connectivity index (χ1v) is 3.63. The zero-order valence-electron chi connectivity index (χ0n) is 6.42. The van der Waals surface area contributed by atoms with Crippen molar-refractivity contribution in [2.45, 2.75) is 0 Å². The van der Waals surface area contributed by atoms with Crippen molar-refractivity contribution in [3.8, 4) is 0 Å². The van der Waals surface area contributed by atoms with Gasteiger partial charge in [-0.05, 0) is 17.7 Å². The zero-order chi connectivity index (χ0) is 8.97. The van der Waals surface area contributed by atoms with Crippen LogP contribution in [-0.2, 0) is 4.84 Å². The summed E-state index contributed by atoms with van der Waals surface area (Å²) >= 11 is 5.52. The van der Waals surface area contributed by atoms with E-state index in [2.05, 4.69) is 9.99 Å². The molecule has 0 radical (unpaired) electrons. The number of oxime groups is 1. The van der Waals surface area contributed by atoms with Crippen LogP contribution in [0.15, 0.2) is 23.4 Å². The molecular formula is C8H7ClFNO. The Hall–Kier alpha value is -1.09. The predicted octanol–water partition coefficient (Wildman–Crippen LogP) is 2.46. The average Bonchev–Trinajstić information content (AvgIpc) is 2.07. The van der Waals surface area contributed by atoms with Crippen LogP contribution in [0.25, 0.3) is 0 Å². The van der Waals surface area contributed by atoms with Gasteiger partial charge >= 0.3 is 0 Å². The van der Waals surface area contributed by atoms with Gasteiger partial charge in [-0.1, -0.05) is 22.8 Å². The number of hydrogen-bond donors (Lipinski definition) is 0. The molecule has 0 atom stereocenters. The van der Waals surface area contributed by atoms with Crippen LogP contribution in [0, 0.1) is 5.82 Å². The van der Waals surface area contributed by atoms with E-state index in [1.54, 1.807) is 6.07 Å². The van der Waals surface area contributed by atoms with Gasteiger partial charge in [-0.25, -0.2) is 4.39 Å². The molecule has 0 unspecified atom stereocenters. The van der Waals surface area contributed by atoms with E-state index in [1.807, 2.05) is 0 Å².